The number of aryl methyl sites for hydroxylation is 2. The summed E-state index contributed by atoms with van der Waals surface area (Å²) in [7, 11) is 1.70. The van der Waals surface area contributed by atoms with Crippen molar-refractivity contribution in [1.29, 1.82) is 0 Å². The van der Waals surface area contributed by atoms with E-state index < -0.39 is 0 Å². The maximum Gasteiger partial charge on any atom is 0.258 e. The first kappa shape index (κ1) is 16.3. The molecular weight excluding hydrogens is 320 g/mol. The van der Waals surface area contributed by atoms with Crippen LogP contribution in [0.1, 0.15) is 60.0 Å². The lowest BCUT2D eigenvalue weighted by Crippen LogP contribution is -2.33. The van der Waals surface area contributed by atoms with Crippen LogP contribution in [-0.2, 0) is 24.1 Å². The molecule has 4 heterocycles. The predicted octanol–water partition coefficient (Wildman–Crippen LogP) is 2.37. The normalized spacial score (nSPS) is 22.6. The minimum atomic E-state index is -0.0961. The molecule has 2 atom stereocenters. The van der Waals surface area contributed by atoms with E-state index in [1.807, 2.05) is 4.90 Å². The third-order valence-electron chi connectivity index (χ3n) is 5.25. The summed E-state index contributed by atoms with van der Waals surface area (Å²) in [4.78, 5) is 15.1. The van der Waals surface area contributed by atoms with Crippen LogP contribution in [0.3, 0.4) is 0 Å². The van der Waals surface area contributed by atoms with Crippen molar-refractivity contribution in [3.05, 3.63) is 35.3 Å². The molecule has 2 aliphatic heterocycles. The Bertz CT molecular complexity index is 766. The molecule has 2 aromatic heterocycles. The number of ether oxygens (including phenoxy) is 1. The fourth-order valence-corrected chi connectivity index (χ4v) is 3.96. The Kier molecular flexibility index (Phi) is 4.33. The minimum absolute atomic E-state index is 0.00269. The molecule has 0 unspecified atom stereocenters. The van der Waals surface area contributed by atoms with Crippen molar-refractivity contribution >= 4 is 5.91 Å². The number of furan rings is 1. The minimum Gasteiger partial charge on any atom is -0.469 e. The van der Waals surface area contributed by atoms with Gasteiger partial charge in [0.25, 0.3) is 5.91 Å². The smallest absolute Gasteiger partial charge is 0.258 e. The van der Waals surface area contributed by atoms with Crippen LogP contribution in [0.2, 0.25) is 0 Å². The Morgan fingerprint density at radius 1 is 1.44 bits per heavy atom. The summed E-state index contributed by atoms with van der Waals surface area (Å²) in [6.45, 7) is 3.58. The molecule has 1 amide bonds. The van der Waals surface area contributed by atoms with Crippen LogP contribution in [0, 0.1) is 0 Å². The lowest BCUT2D eigenvalue weighted by Gasteiger charge is -2.24. The zero-order chi connectivity index (χ0) is 17.4. The Balaban J connectivity index is 1.66. The first-order valence-corrected chi connectivity index (χ1v) is 9.05. The second kappa shape index (κ2) is 6.63. The second-order valence-electron chi connectivity index (χ2n) is 6.80. The summed E-state index contributed by atoms with van der Waals surface area (Å²) in [6, 6.07) is 1.68. The SMILES string of the molecule is CCCc1occc1C(=O)N1C[C@H](OC)C[C@H]1c1nnc2n1CCC2. The van der Waals surface area contributed by atoms with Crippen LogP contribution < -0.4 is 0 Å². The molecular formula is C18H24N4O3. The third kappa shape index (κ3) is 2.76. The van der Waals surface area contributed by atoms with E-state index in [1.165, 1.54) is 0 Å². The van der Waals surface area contributed by atoms with Crippen molar-refractivity contribution in [3.63, 3.8) is 0 Å². The van der Waals surface area contributed by atoms with Crippen molar-refractivity contribution in [3.8, 4) is 0 Å². The highest BCUT2D eigenvalue weighted by molar-refractivity contribution is 5.95. The number of amides is 1. The van der Waals surface area contributed by atoms with Gasteiger partial charge in [0.15, 0.2) is 5.82 Å². The number of likely N-dealkylation sites (tertiary alicyclic amines) is 1. The Hall–Kier alpha value is -2.15. The van der Waals surface area contributed by atoms with Crippen LogP contribution in [0.4, 0.5) is 0 Å². The van der Waals surface area contributed by atoms with Crippen molar-refractivity contribution in [2.75, 3.05) is 13.7 Å². The molecule has 0 aromatic carbocycles. The van der Waals surface area contributed by atoms with Crippen molar-refractivity contribution in [2.45, 2.75) is 57.7 Å². The summed E-state index contributed by atoms with van der Waals surface area (Å²) in [5, 5.41) is 8.71. The van der Waals surface area contributed by atoms with Gasteiger partial charge in [0, 0.05) is 39.5 Å². The average Bonchev–Trinajstić information content (AvgIpc) is 3.37. The van der Waals surface area contributed by atoms with Gasteiger partial charge in [-0.3, -0.25) is 4.79 Å². The summed E-state index contributed by atoms with van der Waals surface area (Å²) < 4.78 is 13.3. The van der Waals surface area contributed by atoms with Crippen LogP contribution in [0.25, 0.3) is 0 Å². The molecule has 1 saturated heterocycles. The van der Waals surface area contributed by atoms with E-state index in [0.29, 0.717) is 12.1 Å². The molecule has 0 bridgehead atoms. The number of carbonyl (C=O) groups is 1. The summed E-state index contributed by atoms with van der Waals surface area (Å²) in [5.74, 6) is 2.68. The highest BCUT2D eigenvalue weighted by Gasteiger charge is 2.41. The van der Waals surface area contributed by atoms with E-state index in [2.05, 4.69) is 21.7 Å². The van der Waals surface area contributed by atoms with E-state index in [0.717, 1.165) is 56.1 Å². The van der Waals surface area contributed by atoms with E-state index in [1.54, 1.807) is 19.4 Å². The average molecular weight is 344 g/mol. The molecule has 0 aliphatic carbocycles. The van der Waals surface area contributed by atoms with Gasteiger partial charge in [-0.2, -0.15) is 0 Å². The lowest BCUT2D eigenvalue weighted by atomic mass is 10.1. The number of nitrogens with zero attached hydrogens (tertiary/aromatic N) is 4. The monoisotopic (exact) mass is 344 g/mol. The van der Waals surface area contributed by atoms with Gasteiger partial charge in [-0.1, -0.05) is 6.92 Å². The summed E-state index contributed by atoms with van der Waals surface area (Å²) in [5.41, 5.74) is 0.657. The van der Waals surface area contributed by atoms with Crippen LogP contribution in [0.15, 0.2) is 16.7 Å². The number of rotatable bonds is 5. The van der Waals surface area contributed by atoms with Crippen LogP contribution in [0.5, 0.6) is 0 Å². The fraction of sp³-hybridized carbons (Fsp3) is 0.611. The zero-order valence-electron chi connectivity index (χ0n) is 14.8. The van der Waals surface area contributed by atoms with Crippen molar-refractivity contribution in [2.24, 2.45) is 0 Å². The van der Waals surface area contributed by atoms with Gasteiger partial charge in [0.05, 0.1) is 24.0 Å². The predicted molar refractivity (Wildman–Crippen MR) is 90.2 cm³/mol. The van der Waals surface area contributed by atoms with Gasteiger partial charge >= 0.3 is 0 Å². The summed E-state index contributed by atoms with van der Waals surface area (Å²) in [6.07, 6.45) is 6.13. The van der Waals surface area contributed by atoms with E-state index >= 15 is 0 Å². The molecule has 7 nitrogen and oxygen atoms in total. The second-order valence-corrected chi connectivity index (χ2v) is 6.80. The molecule has 0 N–H and O–H groups in total. The molecule has 0 spiro atoms. The lowest BCUT2D eigenvalue weighted by molar-refractivity contribution is 0.0680. The molecule has 134 valence electrons. The van der Waals surface area contributed by atoms with Crippen molar-refractivity contribution in [1.82, 2.24) is 19.7 Å². The Labute approximate surface area is 147 Å². The van der Waals surface area contributed by atoms with Gasteiger partial charge in [-0.25, -0.2) is 0 Å². The number of hydrogen-bond donors (Lipinski definition) is 0. The largest absolute Gasteiger partial charge is 0.469 e. The van der Waals surface area contributed by atoms with E-state index in [-0.39, 0.29) is 18.1 Å². The standard InChI is InChI=1S/C18H24N4O3/c1-3-5-15-13(7-9-25-15)18(23)22-11-12(24-2)10-14(22)17-20-19-16-6-4-8-21(16)17/h7,9,12,14H,3-6,8,10-11H2,1-2H3/t12-,14+/m1/s1. The molecule has 0 radical (unpaired) electrons. The van der Waals surface area contributed by atoms with Crippen LogP contribution in [-0.4, -0.2) is 45.3 Å². The first-order valence-electron chi connectivity index (χ1n) is 9.05. The Morgan fingerprint density at radius 3 is 3.12 bits per heavy atom. The number of carbonyl (C=O) groups excluding carboxylic acids is 1. The number of fused-ring (bicyclic) bond motifs is 1. The van der Waals surface area contributed by atoms with Gasteiger partial charge < -0.3 is 18.6 Å². The maximum absolute atomic E-state index is 13.2. The molecule has 7 heteroatoms. The maximum atomic E-state index is 13.2. The third-order valence-corrected chi connectivity index (χ3v) is 5.25. The zero-order valence-corrected chi connectivity index (χ0v) is 14.8. The fourth-order valence-electron chi connectivity index (χ4n) is 3.96. The van der Waals surface area contributed by atoms with Gasteiger partial charge in [-0.15, -0.1) is 10.2 Å². The molecule has 4 rings (SSSR count). The van der Waals surface area contributed by atoms with Gasteiger partial charge in [-0.05, 0) is 18.9 Å². The highest BCUT2D eigenvalue weighted by Crippen LogP contribution is 2.35. The highest BCUT2D eigenvalue weighted by atomic mass is 16.5. The van der Waals surface area contributed by atoms with Gasteiger partial charge in [0.1, 0.15) is 11.6 Å². The molecule has 2 aliphatic rings. The number of methoxy groups -OCH3 is 1. The quantitative estimate of drug-likeness (QED) is 0.832. The first-order chi connectivity index (χ1) is 12.2. The van der Waals surface area contributed by atoms with E-state index in [4.69, 9.17) is 9.15 Å². The van der Waals surface area contributed by atoms with E-state index in [9.17, 15) is 4.79 Å². The molecule has 1 fully saturated rings. The molecule has 0 saturated carbocycles. The number of hydrogen-bond acceptors (Lipinski definition) is 5. The molecule has 2 aromatic rings. The molecule has 25 heavy (non-hydrogen) atoms. The number of aromatic nitrogens is 3. The Morgan fingerprint density at radius 2 is 2.32 bits per heavy atom. The van der Waals surface area contributed by atoms with Gasteiger partial charge in [0.2, 0.25) is 0 Å². The van der Waals surface area contributed by atoms with Crippen molar-refractivity contribution < 1.29 is 13.9 Å². The summed E-state index contributed by atoms with van der Waals surface area (Å²) >= 11 is 0. The van der Waals surface area contributed by atoms with Crippen LogP contribution >= 0.6 is 0 Å². The topological polar surface area (TPSA) is 73.4 Å².